The van der Waals surface area contributed by atoms with Crippen LogP contribution in [0.15, 0.2) is 24.3 Å². The summed E-state index contributed by atoms with van der Waals surface area (Å²) in [5.74, 6) is 1.14. The number of rotatable bonds is 5. The van der Waals surface area contributed by atoms with E-state index in [1.165, 1.54) is 0 Å². The first-order chi connectivity index (χ1) is 11.0. The molecule has 1 aliphatic rings. The monoisotopic (exact) mass is 318 g/mol. The van der Waals surface area contributed by atoms with Gasteiger partial charge in [0.1, 0.15) is 5.75 Å². The highest BCUT2D eigenvalue weighted by molar-refractivity contribution is 5.97. The van der Waals surface area contributed by atoms with Crippen LogP contribution in [0.25, 0.3) is 0 Å². The third-order valence-electron chi connectivity index (χ3n) is 4.17. The van der Waals surface area contributed by atoms with Gasteiger partial charge in [-0.1, -0.05) is 26.0 Å². The van der Waals surface area contributed by atoms with Crippen LogP contribution in [0.3, 0.4) is 0 Å². The molecule has 0 atom stereocenters. The van der Waals surface area contributed by atoms with Crippen LogP contribution in [0.4, 0.5) is 0 Å². The molecule has 1 saturated heterocycles. The number of ether oxygens (including phenoxy) is 1. The molecule has 5 nitrogen and oxygen atoms in total. The highest BCUT2D eigenvalue weighted by Gasteiger charge is 2.28. The number of likely N-dealkylation sites (tertiary alicyclic amines) is 1. The second-order valence-corrected chi connectivity index (χ2v) is 6.41. The predicted octanol–water partition coefficient (Wildman–Crippen LogP) is 2.32. The van der Waals surface area contributed by atoms with Gasteiger partial charge in [0.15, 0.2) is 0 Å². The van der Waals surface area contributed by atoms with Crippen LogP contribution in [-0.2, 0) is 4.79 Å². The van der Waals surface area contributed by atoms with Gasteiger partial charge in [0.05, 0.1) is 12.7 Å². The molecule has 2 rings (SSSR count). The quantitative estimate of drug-likeness (QED) is 0.906. The maximum absolute atomic E-state index is 12.6. The minimum Gasteiger partial charge on any atom is -0.496 e. The number of benzene rings is 1. The minimum atomic E-state index is -0.0245. The number of carbonyl (C=O) groups excluding carboxylic acids is 2. The van der Waals surface area contributed by atoms with E-state index in [0.717, 1.165) is 0 Å². The van der Waals surface area contributed by atoms with Crippen molar-refractivity contribution in [2.45, 2.75) is 26.7 Å². The van der Waals surface area contributed by atoms with Crippen LogP contribution in [0, 0.1) is 11.8 Å². The van der Waals surface area contributed by atoms with Gasteiger partial charge in [-0.25, -0.2) is 0 Å². The van der Waals surface area contributed by atoms with E-state index in [1.807, 2.05) is 17.0 Å². The standard InChI is InChI=1S/C18H26N2O3/c1-13(2)12-19-17(21)14-8-10-20(11-9-14)18(22)15-6-4-5-7-16(15)23-3/h4-7,13-14H,8-12H2,1-3H3,(H,19,21). The molecule has 1 aliphatic heterocycles. The number of hydrogen-bond donors (Lipinski definition) is 1. The fourth-order valence-electron chi connectivity index (χ4n) is 2.79. The Labute approximate surface area is 138 Å². The molecule has 126 valence electrons. The lowest BCUT2D eigenvalue weighted by atomic mass is 9.95. The summed E-state index contributed by atoms with van der Waals surface area (Å²) in [7, 11) is 1.57. The molecule has 0 saturated carbocycles. The Hall–Kier alpha value is -2.04. The average molecular weight is 318 g/mol. The third-order valence-corrected chi connectivity index (χ3v) is 4.17. The minimum absolute atomic E-state index is 0.00969. The number of para-hydroxylation sites is 1. The van der Waals surface area contributed by atoms with E-state index in [2.05, 4.69) is 19.2 Å². The molecule has 1 heterocycles. The zero-order valence-corrected chi connectivity index (χ0v) is 14.2. The Kier molecular flexibility index (Phi) is 6.02. The number of carbonyl (C=O) groups is 2. The van der Waals surface area contributed by atoms with Crippen LogP contribution in [0.2, 0.25) is 0 Å². The lowest BCUT2D eigenvalue weighted by Crippen LogP contribution is -2.43. The van der Waals surface area contributed by atoms with Gasteiger partial charge >= 0.3 is 0 Å². The van der Waals surface area contributed by atoms with E-state index in [0.29, 0.717) is 49.7 Å². The van der Waals surface area contributed by atoms with Crippen LogP contribution >= 0.6 is 0 Å². The fourth-order valence-corrected chi connectivity index (χ4v) is 2.79. The molecule has 1 N–H and O–H groups in total. The molecule has 5 heteroatoms. The predicted molar refractivity (Wildman–Crippen MR) is 89.5 cm³/mol. The largest absolute Gasteiger partial charge is 0.496 e. The van der Waals surface area contributed by atoms with E-state index in [1.54, 1.807) is 19.2 Å². The Balaban J connectivity index is 1.91. The zero-order chi connectivity index (χ0) is 16.8. The lowest BCUT2D eigenvalue weighted by molar-refractivity contribution is -0.126. The third kappa shape index (κ3) is 4.47. The van der Waals surface area contributed by atoms with E-state index in [-0.39, 0.29) is 17.7 Å². The number of amides is 2. The Morgan fingerprint density at radius 1 is 1.26 bits per heavy atom. The summed E-state index contributed by atoms with van der Waals surface area (Å²) >= 11 is 0. The molecule has 1 fully saturated rings. The van der Waals surface area contributed by atoms with Crippen LogP contribution < -0.4 is 10.1 Å². The van der Waals surface area contributed by atoms with Crippen molar-refractivity contribution in [3.8, 4) is 5.75 Å². The molecular formula is C18H26N2O3. The average Bonchev–Trinajstić information content (AvgIpc) is 2.59. The molecule has 1 aromatic rings. The van der Waals surface area contributed by atoms with Crippen molar-refractivity contribution in [3.63, 3.8) is 0 Å². The number of nitrogens with zero attached hydrogens (tertiary/aromatic N) is 1. The zero-order valence-electron chi connectivity index (χ0n) is 14.2. The molecule has 0 spiro atoms. The van der Waals surface area contributed by atoms with Crippen molar-refractivity contribution in [1.29, 1.82) is 0 Å². The molecule has 0 unspecified atom stereocenters. The van der Waals surface area contributed by atoms with Gasteiger partial charge in [-0.3, -0.25) is 9.59 Å². The topological polar surface area (TPSA) is 58.6 Å². The van der Waals surface area contributed by atoms with Gasteiger partial charge in [0, 0.05) is 25.6 Å². The van der Waals surface area contributed by atoms with Crippen LogP contribution in [0.5, 0.6) is 5.75 Å². The maximum Gasteiger partial charge on any atom is 0.257 e. The molecule has 0 aromatic heterocycles. The van der Waals surface area contributed by atoms with Crippen molar-refractivity contribution in [2.24, 2.45) is 11.8 Å². The van der Waals surface area contributed by atoms with Gasteiger partial charge < -0.3 is 15.0 Å². The summed E-state index contributed by atoms with van der Waals surface area (Å²) in [6.07, 6.45) is 1.43. The van der Waals surface area contributed by atoms with Gasteiger partial charge in [-0.15, -0.1) is 0 Å². The van der Waals surface area contributed by atoms with Gasteiger partial charge in [-0.05, 0) is 30.9 Å². The molecule has 0 aliphatic carbocycles. The first kappa shape index (κ1) is 17.3. The molecule has 2 amide bonds. The number of methoxy groups -OCH3 is 1. The van der Waals surface area contributed by atoms with E-state index in [4.69, 9.17) is 4.74 Å². The van der Waals surface area contributed by atoms with E-state index in [9.17, 15) is 9.59 Å². The number of nitrogens with one attached hydrogen (secondary N) is 1. The second kappa shape index (κ2) is 7.99. The molecule has 23 heavy (non-hydrogen) atoms. The molecule has 1 aromatic carbocycles. The maximum atomic E-state index is 12.6. The first-order valence-corrected chi connectivity index (χ1v) is 8.23. The van der Waals surface area contributed by atoms with Crippen molar-refractivity contribution >= 4 is 11.8 Å². The molecule has 0 bridgehead atoms. The normalized spacial score (nSPS) is 15.6. The van der Waals surface area contributed by atoms with Crippen molar-refractivity contribution in [2.75, 3.05) is 26.7 Å². The highest BCUT2D eigenvalue weighted by Crippen LogP contribution is 2.23. The molecular weight excluding hydrogens is 292 g/mol. The Morgan fingerprint density at radius 2 is 1.91 bits per heavy atom. The first-order valence-electron chi connectivity index (χ1n) is 8.23. The van der Waals surface area contributed by atoms with Crippen LogP contribution in [-0.4, -0.2) is 43.5 Å². The summed E-state index contributed by atoms with van der Waals surface area (Å²) in [6.45, 7) is 6.08. The SMILES string of the molecule is COc1ccccc1C(=O)N1CCC(C(=O)NCC(C)C)CC1. The second-order valence-electron chi connectivity index (χ2n) is 6.41. The van der Waals surface area contributed by atoms with Crippen molar-refractivity contribution in [1.82, 2.24) is 10.2 Å². The number of piperidine rings is 1. The summed E-state index contributed by atoms with van der Waals surface area (Å²) in [5, 5.41) is 2.98. The van der Waals surface area contributed by atoms with E-state index >= 15 is 0 Å². The lowest BCUT2D eigenvalue weighted by Gasteiger charge is -2.31. The van der Waals surface area contributed by atoms with Gasteiger partial charge in [0.25, 0.3) is 5.91 Å². The summed E-state index contributed by atoms with van der Waals surface area (Å²) < 4.78 is 5.26. The van der Waals surface area contributed by atoms with Gasteiger partial charge in [-0.2, -0.15) is 0 Å². The Morgan fingerprint density at radius 3 is 2.52 bits per heavy atom. The van der Waals surface area contributed by atoms with Gasteiger partial charge in [0.2, 0.25) is 5.91 Å². The van der Waals surface area contributed by atoms with Crippen molar-refractivity contribution in [3.05, 3.63) is 29.8 Å². The van der Waals surface area contributed by atoms with Crippen molar-refractivity contribution < 1.29 is 14.3 Å². The summed E-state index contributed by atoms with van der Waals surface area (Å²) in [6, 6.07) is 7.25. The fraction of sp³-hybridized carbons (Fsp3) is 0.556. The van der Waals surface area contributed by atoms with E-state index < -0.39 is 0 Å². The van der Waals surface area contributed by atoms with Crippen LogP contribution in [0.1, 0.15) is 37.0 Å². The Bertz CT molecular complexity index is 549. The molecule has 0 radical (unpaired) electrons. The summed E-state index contributed by atoms with van der Waals surface area (Å²) in [5.41, 5.74) is 0.581. The number of hydrogen-bond acceptors (Lipinski definition) is 3. The highest BCUT2D eigenvalue weighted by atomic mass is 16.5. The summed E-state index contributed by atoms with van der Waals surface area (Å²) in [4.78, 5) is 26.5. The smallest absolute Gasteiger partial charge is 0.257 e.